The van der Waals surface area contributed by atoms with Crippen LogP contribution in [0.4, 0.5) is 11.6 Å². The van der Waals surface area contributed by atoms with Crippen LogP contribution >= 0.6 is 0 Å². The highest BCUT2D eigenvalue weighted by molar-refractivity contribution is 5.59. The smallest absolute Gasteiger partial charge is 0.135 e. The standard InChI is InChI=1S/C14H24N4O/c1-5-15-12-10(4)13(17-11(16-12)9(2)3)18-14(8-19)6-7-14/h9,19H,5-8H2,1-4H3,(H2,15,16,17,18). The lowest BCUT2D eigenvalue weighted by molar-refractivity contribution is 0.266. The third-order valence-corrected chi connectivity index (χ3v) is 3.56. The van der Waals surface area contributed by atoms with E-state index in [9.17, 15) is 5.11 Å². The minimum absolute atomic E-state index is 0.156. The molecule has 1 aromatic heterocycles. The zero-order chi connectivity index (χ0) is 14.0. The van der Waals surface area contributed by atoms with E-state index in [1.54, 1.807) is 0 Å². The van der Waals surface area contributed by atoms with Gasteiger partial charge in [-0.3, -0.25) is 0 Å². The molecule has 5 nitrogen and oxygen atoms in total. The molecule has 0 aliphatic heterocycles. The molecule has 0 aromatic carbocycles. The van der Waals surface area contributed by atoms with E-state index in [0.717, 1.165) is 42.4 Å². The van der Waals surface area contributed by atoms with Crippen LogP contribution in [0.5, 0.6) is 0 Å². The third-order valence-electron chi connectivity index (χ3n) is 3.56. The molecule has 0 saturated heterocycles. The molecule has 5 heteroatoms. The molecule has 0 amide bonds. The van der Waals surface area contributed by atoms with Gasteiger partial charge in [0.2, 0.25) is 0 Å². The first-order valence-corrected chi connectivity index (χ1v) is 7.03. The molecule has 0 atom stereocenters. The van der Waals surface area contributed by atoms with E-state index in [-0.39, 0.29) is 18.1 Å². The quantitative estimate of drug-likeness (QED) is 0.735. The topological polar surface area (TPSA) is 70.1 Å². The van der Waals surface area contributed by atoms with Crippen molar-refractivity contribution in [2.24, 2.45) is 0 Å². The fourth-order valence-electron chi connectivity index (χ4n) is 1.98. The molecule has 106 valence electrons. The molecule has 0 spiro atoms. The fraction of sp³-hybridized carbons (Fsp3) is 0.714. The highest BCUT2D eigenvalue weighted by Crippen LogP contribution is 2.39. The van der Waals surface area contributed by atoms with Gasteiger partial charge in [0, 0.05) is 18.0 Å². The Balaban J connectivity index is 2.34. The van der Waals surface area contributed by atoms with Crippen LogP contribution in [0.25, 0.3) is 0 Å². The summed E-state index contributed by atoms with van der Waals surface area (Å²) in [7, 11) is 0. The summed E-state index contributed by atoms with van der Waals surface area (Å²) < 4.78 is 0. The van der Waals surface area contributed by atoms with Gasteiger partial charge in [-0.15, -0.1) is 0 Å². The first-order valence-electron chi connectivity index (χ1n) is 7.03. The maximum absolute atomic E-state index is 9.44. The molecule has 0 unspecified atom stereocenters. The van der Waals surface area contributed by atoms with Crippen molar-refractivity contribution in [3.05, 3.63) is 11.4 Å². The fourth-order valence-corrected chi connectivity index (χ4v) is 1.98. The van der Waals surface area contributed by atoms with E-state index < -0.39 is 0 Å². The second kappa shape index (κ2) is 5.33. The van der Waals surface area contributed by atoms with E-state index in [4.69, 9.17) is 0 Å². The summed E-state index contributed by atoms with van der Waals surface area (Å²) in [5, 5.41) is 16.1. The van der Waals surface area contributed by atoms with Crippen molar-refractivity contribution >= 4 is 11.6 Å². The monoisotopic (exact) mass is 264 g/mol. The Kier molecular flexibility index (Phi) is 3.94. The Hall–Kier alpha value is -1.36. The van der Waals surface area contributed by atoms with Gasteiger partial charge in [0.15, 0.2) is 0 Å². The van der Waals surface area contributed by atoms with E-state index in [1.807, 2.05) is 6.92 Å². The van der Waals surface area contributed by atoms with Crippen LogP contribution < -0.4 is 10.6 Å². The molecule has 19 heavy (non-hydrogen) atoms. The minimum atomic E-state index is -0.156. The van der Waals surface area contributed by atoms with Crippen molar-refractivity contribution in [1.29, 1.82) is 0 Å². The molecule has 3 N–H and O–H groups in total. The van der Waals surface area contributed by atoms with Crippen LogP contribution in [-0.4, -0.2) is 33.8 Å². The van der Waals surface area contributed by atoms with Gasteiger partial charge < -0.3 is 15.7 Å². The van der Waals surface area contributed by atoms with Crippen molar-refractivity contribution in [2.45, 2.75) is 52.0 Å². The zero-order valence-electron chi connectivity index (χ0n) is 12.2. The maximum atomic E-state index is 9.44. The van der Waals surface area contributed by atoms with Crippen molar-refractivity contribution < 1.29 is 5.11 Å². The van der Waals surface area contributed by atoms with Crippen LogP contribution in [0.15, 0.2) is 0 Å². The van der Waals surface area contributed by atoms with Gasteiger partial charge in [-0.2, -0.15) is 0 Å². The van der Waals surface area contributed by atoms with Gasteiger partial charge in [-0.1, -0.05) is 13.8 Å². The van der Waals surface area contributed by atoms with Crippen molar-refractivity contribution in [3.8, 4) is 0 Å². The van der Waals surface area contributed by atoms with Gasteiger partial charge >= 0.3 is 0 Å². The number of hydrogen-bond donors (Lipinski definition) is 3. The Labute approximate surface area is 114 Å². The predicted octanol–water partition coefficient (Wildman–Crippen LogP) is 2.28. The summed E-state index contributed by atoms with van der Waals surface area (Å²) in [4.78, 5) is 9.19. The molecule has 2 rings (SSSR count). The number of aliphatic hydroxyl groups is 1. The largest absolute Gasteiger partial charge is 0.394 e. The van der Waals surface area contributed by atoms with Crippen LogP contribution in [0.3, 0.4) is 0 Å². The average molecular weight is 264 g/mol. The number of nitrogens with zero attached hydrogens (tertiary/aromatic N) is 2. The maximum Gasteiger partial charge on any atom is 0.135 e. The number of nitrogens with one attached hydrogen (secondary N) is 2. The molecule has 1 heterocycles. The Morgan fingerprint density at radius 3 is 2.37 bits per heavy atom. The van der Waals surface area contributed by atoms with Crippen LogP contribution in [0.2, 0.25) is 0 Å². The predicted molar refractivity (Wildman–Crippen MR) is 77.7 cm³/mol. The third kappa shape index (κ3) is 2.97. The lowest BCUT2D eigenvalue weighted by Gasteiger charge is -2.20. The second-order valence-corrected chi connectivity index (χ2v) is 5.65. The molecule has 1 aliphatic rings. The second-order valence-electron chi connectivity index (χ2n) is 5.65. The summed E-state index contributed by atoms with van der Waals surface area (Å²) in [5.41, 5.74) is 0.864. The molecular weight excluding hydrogens is 240 g/mol. The highest BCUT2D eigenvalue weighted by atomic mass is 16.3. The van der Waals surface area contributed by atoms with Crippen molar-refractivity contribution in [3.63, 3.8) is 0 Å². The summed E-state index contributed by atoms with van der Waals surface area (Å²) in [6.45, 7) is 9.23. The first-order chi connectivity index (χ1) is 9.01. The highest BCUT2D eigenvalue weighted by Gasteiger charge is 2.42. The summed E-state index contributed by atoms with van der Waals surface area (Å²) >= 11 is 0. The molecule has 0 radical (unpaired) electrons. The number of rotatable bonds is 6. The molecular formula is C14H24N4O. The lowest BCUT2D eigenvalue weighted by atomic mass is 10.2. The normalized spacial score (nSPS) is 16.5. The van der Waals surface area contributed by atoms with E-state index in [1.165, 1.54) is 0 Å². The lowest BCUT2D eigenvalue weighted by Crippen LogP contribution is -2.27. The van der Waals surface area contributed by atoms with Gasteiger partial charge in [0.25, 0.3) is 0 Å². The van der Waals surface area contributed by atoms with E-state index in [2.05, 4.69) is 41.4 Å². The van der Waals surface area contributed by atoms with Crippen LogP contribution in [0, 0.1) is 6.92 Å². The Bertz CT molecular complexity index is 455. The molecule has 0 bridgehead atoms. The summed E-state index contributed by atoms with van der Waals surface area (Å²) in [6.07, 6.45) is 2.00. The summed E-state index contributed by atoms with van der Waals surface area (Å²) in [5.74, 6) is 2.85. The number of aromatic nitrogens is 2. The van der Waals surface area contributed by atoms with E-state index in [0.29, 0.717) is 0 Å². The van der Waals surface area contributed by atoms with Gasteiger partial charge in [-0.05, 0) is 26.7 Å². The molecule has 1 fully saturated rings. The molecule has 1 saturated carbocycles. The Morgan fingerprint density at radius 1 is 1.26 bits per heavy atom. The van der Waals surface area contributed by atoms with Crippen molar-refractivity contribution in [2.75, 3.05) is 23.8 Å². The van der Waals surface area contributed by atoms with Gasteiger partial charge in [0.05, 0.1) is 12.1 Å². The van der Waals surface area contributed by atoms with Gasteiger partial charge in [0.1, 0.15) is 17.5 Å². The number of anilines is 2. The number of hydrogen-bond acceptors (Lipinski definition) is 5. The van der Waals surface area contributed by atoms with E-state index >= 15 is 0 Å². The Morgan fingerprint density at radius 2 is 1.89 bits per heavy atom. The molecule has 1 aromatic rings. The van der Waals surface area contributed by atoms with Gasteiger partial charge in [-0.25, -0.2) is 9.97 Å². The average Bonchev–Trinajstić information content (AvgIpc) is 3.14. The molecule has 1 aliphatic carbocycles. The van der Waals surface area contributed by atoms with Crippen LogP contribution in [0.1, 0.15) is 50.9 Å². The van der Waals surface area contributed by atoms with Crippen LogP contribution in [-0.2, 0) is 0 Å². The first kappa shape index (κ1) is 14.1. The number of aliphatic hydroxyl groups excluding tert-OH is 1. The zero-order valence-corrected chi connectivity index (χ0v) is 12.2. The summed E-state index contributed by atoms with van der Waals surface area (Å²) in [6, 6.07) is 0. The SMILES string of the molecule is CCNc1nc(C(C)C)nc(NC2(CO)CC2)c1C. The van der Waals surface area contributed by atoms with Crippen molar-refractivity contribution in [1.82, 2.24) is 9.97 Å². The minimum Gasteiger partial charge on any atom is -0.394 e.